The molecule has 0 aromatic carbocycles. The highest BCUT2D eigenvalue weighted by atomic mass is 16.5. The maximum atomic E-state index is 11.0. The first-order valence-electron chi connectivity index (χ1n) is 4.06. The molecule has 1 N–H and O–H groups in total. The van der Waals surface area contributed by atoms with Crippen molar-refractivity contribution in [2.45, 2.75) is 25.8 Å². The van der Waals surface area contributed by atoms with Gasteiger partial charge in [-0.15, -0.1) is 0 Å². The molecule has 1 atom stereocenters. The minimum atomic E-state index is -0.965. The molecular weight excluding hydrogens is 190 g/mol. The second-order valence-corrected chi connectivity index (χ2v) is 2.76. The number of carbonyl (C=O) groups is 3. The Morgan fingerprint density at radius 1 is 1.57 bits per heavy atom. The van der Waals surface area contributed by atoms with Gasteiger partial charge in [-0.25, -0.2) is 9.69 Å². The zero-order valence-corrected chi connectivity index (χ0v) is 8.10. The molecule has 0 heterocycles. The van der Waals surface area contributed by atoms with Gasteiger partial charge in [0.15, 0.2) is 0 Å². The van der Waals surface area contributed by atoms with Crippen molar-refractivity contribution in [3.63, 3.8) is 0 Å². The van der Waals surface area contributed by atoms with Gasteiger partial charge in [-0.05, 0) is 13.3 Å². The maximum absolute atomic E-state index is 11.0. The number of ether oxygens (including phenoxy) is 1. The van der Waals surface area contributed by atoms with Crippen molar-refractivity contribution in [2.24, 2.45) is 0 Å². The summed E-state index contributed by atoms with van der Waals surface area (Å²) < 4.78 is 4.34. The number of hydrogen-bond acceptors (Lipinski definition) is 4. The number of carboxylic acid groups (broad SMARTS) is 1. The average Bonchev–Trinajstić information content (AvgIpc) is 2.15. The lowest BCUT2D eigenvalue weighted by atomic mass is 10.2. The van der Waals surface area contributed by atoms with Gasteiger partial charge in [0.25, 0.3) is 0 Å². The van der Waals surface area contributed by atoms with Crippen molar-refractivity contribution in [1.82, 2.24) is 4.90 Å². The van der Waals surface area contributed by atoms with Gasteiger partial charge in [0, 0.05) is 12.5 Å². The lowest BCUT2D eigenvalue weighted by Gasteiger charge is -2.20. The molecule has 0 saturated heterocycles. The van der Waals surface area contributed by atoms with E-state index in [2.05, 4.69) is 4.74 Å². The molecule has 0 aliphatic rings. The van der Waals surface area contributed by atoms with Gasteiger partial charge in [0.05, 0.1) is 7.11 Å². The number of hydrogen-bond donors (Lipinski definition) is 1. The highest BCUT2D eigenvalue weighted by Gasteiger charge is 2.20. The molecular formula is C8H13NO5. The van der Waals surface area contributed by atoms with Crippen LogP contribution in [0.4, 0.5) is 4.79 Å². The second-order valence-electron chi connectivity index (χ2n) is 2.76. The SMILES string of the molecule is COC(=O)N(C=O)C(C)CCC(=O)O. The number of imide groups is 1. The molecule has 0 aliphatic heterocycles. The van der Waals surface area contributed by atoms with E-state index in [9.17, 15) is 14.4 Å². The summed E-state index contributed by atoms with van der Waals surface area (Å²) in [6, 6.07) is -0.476. The Hall–Kier alpha value is -1.59. The molecule has 0 spiro atoms. The highest BCUT2D eigenvalue weighted by molar-refractivity contribution is 5.80. The maximum Gasteiger partial charge on any atom is 0.416 e. The smallest absolute Gasteiger partial charge is 0.416 e. The highest BCUT2D eigenvalue weighted by Crippen LogP contribution is 2.05. The van der Waals surface area contributed by atoms with Crippen LogP contribution in [0.15, 0.2) is 0 Å². The second kappa shape index (κ2) is 5.95. The largest absolute Gasteiger partial charge is 0.481 e. The Balaban J connectivity index is 4.17. The number of nitrogens with zero attached hydrogens (tertiary/aromatic N) is 1. The van der Waals surface area contributed by atoms with Crippen LogP contribution in [0.1, 0.15) is 19.8 Å². The van der Waals surface area contributed by atoms with Gasteiger partial charge in [0.1, 0.15) is 0 Å². The molecule has 6 heteroatoms. The lowest BCUT2D eigenvalue weighted by molar-refractivity contribution is -0.137. The number of aliphatic carboxylic acids is 1. The molecule has 1 unspecified atom stereocenters. The molecule has 0 aliphatic carbocycles. The van der Waals surface area contributed by atoms with Crippen LogP contribution in [-0.4, -0.2) is 41.6 Å². The third-order valence-corrected chi connectivity index (χ3v) is 1.75. The van der Waals surface area contributed by atoms with Crippen molar-refractivity contribution in [3.05, 3.63) is 0 Å². The van der Waals surface area contributed by atoms with E-state index in [1.807, 2.05) is 0 Å². The standard InChI is InChI=1S/C8H13NO5/c1-6(3-4-7(11)12)9(5-10)8(13)14-2/h5-6H,3-4H2,1-2H3,(H,11,12). The van der Waals surface area contributed by atoms with E-state index in [-0.39, 0.29) is 12.8 Å². The van der Waals surface area contributed by atoms with E-state index in [1.165, 1.54) is 0 Å². The van der Waals surface area contributed by atoms with Crippen LogP contribution in [0.3, 0.4) is 0 Å². The van der Waals surface area contributed by atoms with Gasteiger partial charge in [-0.1, -0.05) is 0 Å². The zero-order chi connectivity index (χ0) is 11.1. The van der Waals surface area contributed by atoms with Gasteiger partial charge in [-0.3, -0.25) is 9.59 Å². The molecule has 0 aromatic rings. The first-order valence-corrected chi connectivity index (χ1v) is 4.06. The Morgan fingerprint density at radius 2 is 2.14 bits per heavy atom. The Morgan fingerprint density at radius 3 is 2.50 bits per heavy atom. The third-order valence-electron chi connectivity index (χ3n) is 1.75. The molecule has 0 bridgehead atoms. The molecule has 0 aromatic heterocycles. The molecule has 0 rings (SSSR count). The topological polar surface area (TPSA) is 83.9 Å². The van der Waals surface area contributed by atoms with Gasteiger partial charge in [0.2, 0.25) is 6.41 Å². The van der Waals surface area contributed by atoms with Crippen LogP contribution in [0.2, 0.25) is 0 Å². The van der Waals surface area contributed by atoms with Crippen LogP contribution in [0.5, 0.6) is 0 Å². The quantitative estimate of drug-likeness (QED) is 0.656. The predicted molar refractivity (Wildman–Crippen MR) is 46.6 cm³/mol. The van der Waals surface area contributed by atoms with Crippen molar-refractivity contribution in [3.8, 4) is 0 Å². The summed E-state index contributed by atoms with van der Waals surface area (Å²) >= 11 is 0. The van der Waals surface area contributed by atoms with Crippen LogP contribution in [-0.2, 0) is 14.3 Å². The summed E-state index contributed by atoms with van der Waals surface area (Å²) in [5, 5.41) is 8.39. The van der Waals surface area contributed by atoms with E-state index in [0.717, 1.165) is 12.0 Å². The van der Waals surface area contributed by atoms with Gasteiger partial charge >= 0.3 is 12.1 Å². The number of amides is 2. The Bertz CT molecular complexity index is 228. The van der Waals surface area contributed by atoms with Crippen molar-refractivity contribution < 1.29 is 24.2 Å². The van der Waals surface area contributed by atoms with Crippen molar-refractivity contribution in [2.75, 3.05) is 7.11 Å². The number of carbonyl (C=O) groups excluding carboxylic acids is 2. The van der Waals surface area contributed by atoms with Crippen molar-refractivity contribution in [1.29, 1.82) is 0 Å². The van der Waals surface area contributed by atoms with E-state index in [4.69, 9.17) is 5.11 Å². The summed E-state index contributed by atoms with van der Waals surface area (Å²) in [5.41, 5.74) is 0. The number of rotatable bonds is 5. The molecule has 0 radical (unpaired) electrons. The summed E-state index contributed by atoms with van der Waals surface area (Å²) in [4.78, 5) is 32.5. The van der Waals surface area contributed by atoms with Gasteiger partial charge < -0.3 is 9.84 Å². The number of carboxylic acids is 1. The van der Waals surface area contributed by atoms with E-state index < -0.39 is 18.1 Å². The van der Waals surface area contributed by atoms with E-state index in [1.54, 1.807) is 6.92 Å². The third kappa shape index (κ3) is 3.88. The normalized spacial score (nSPS) is 11.6. The molecule has 80 valence electrons. The molecule has 0 saturated carbocycles. The molecule has 2 amide bonds. The van der Waals surface area contributed by atoms with Gasteiger partial charge in [-0.2, -0.15) is 0 Å². The summed E-state index contributed by atoms with van der Waals surface area (Å²) in [6.45, 7) is 1.58. The van der Waals surface area contributed by atoms with E-state index >= 15 is 0 Å². The Kier molecular flexibility index (Phi) is 5.28. The lowest BCUT2D eigenvalue weighted by Crippen LogP contribution is -2.37. The monoisotopic (exact) mass is 203 g/mol. The predicted octanol–water partition coefficient (Wildman–Crippen LogP) is 0.465. The first-order chi connectivity index (χ1) is 6.52. The van der Waals surface area contributed by atoms with Crippen LogP contribution in [0.25, 0.3) is 0 Å². The number of methoxy groups -OCH3 is 1. The fraction of sp³-hybridized carbons (Fsp3) is 0.625. The van der Waals surface area contributed by atoms with Crippen LogP contribution in [0, 0.1) is 0 Å². The fourth-order valence-electron chi connectivity index (χ4n) is 0.904. The van der Waals surface area contributed by atoms with Crippen molar-refractivity contribution >= 4 is 18.5 Å². The first kappa shape index (κ1) is 12.4. The molecule has 6 nitrogen and oxygen atoms in total. The van der Waals surface area contributed by atoms with Crippen LogP contribution >= 0.6 is 0 Å². The fourth-order valence-corrected chi connectivity index (χ4v) is 0.904. The minimum Gasteiger partial charge on any atom is -0.481 e. The van der Waals surface area contributed by atoms with E-state index in [0.29, 0.717) is 6.41 Å². The minimum absolute atomic E-state index is 0.0947. The zero-order valence-electron chi connectivity index (χ0n) is 8.10. The Labute approximate surface area is 81.4 Å². The summed E-state index contributed by atoms with van der Waals surface area (Å²) in [6.07, 6.45) is -0.331. The average molecular weight is 203 g/mol. The summed E-state index contributed by atoms with van der Waals surface area (Å²) in [7, 11) is 1.16. The van der Waals surface area contributed by atoms with Crippen LogP contribution < -0.4 is 0 Å². The molecule has 14 heavy (non-hydrogen) atoms. The summed E-state index contributed by atoms with van der Waals surface area (Å²) in [5.74, 6) is -0.965. The molecule has 0 fully saturated rings.